The minimum Gasteiger partial charge on any atom is -0.508 e. The van der Waals surface area contributed by atoms with Gasteiger partial charge in [-0.15, -0.1) is 0 Å². The fourth-order valence-electron chi connectivity index (χ4n) is 2.59. The number of ether oxygens (including phenoxy) is 1. The molecular formula is C15H23NO2. The predicted molar refractivity (Wildman–Crippen MR) is 72.7 cm³/mol. The Hall–Kier alpha value is -1.06. The molecule has 0 aliphatic heterocycles. The van der Waals surface area contributed by atoms with E-state index in [1.54, 1.807) is 13.2 Å². The van der Waals surface area contributed by atoms with Gasteiger partial charge in [0.1, 0.15) is 5.75 Å². The number of aromatic hydroxyl groups is 1. The van der Waals surface area contributed by atoms with Gasteiger partial charge in [-0.3, -0.25) is 0 Å². The molecule has 2 N–H and O–H groups in total. The van der Waals surface area contributed by atoms with Crippen LogP contribution in [0.3, 0.4) is 0 Å². The number of phenolic OH excluding ortho intramolecular Hbond substituents is 1. The quantitative estimate of drug-likeness (QED) is 0.814. The van der Waals surface area contributed by atoms with Crippen LogP contribution in [-0.2, 0) is 4.74 Å². The fourth-order valence-corrected chi connectivity index (χ4v) is 2.59. The number of methoxy groups -OCH3 is 1. The van der Waals surface area contributed by atoms with Crippen molar-refractivity contribution >= 4 is 0 Å². The highest BCUT2D eigenvalue weighted by atomic mass is 16.5. The van der Waals surface area contributed by atoms with E-state index >= 15 is 0 Å². The summed E-state index contributed by atoms with van der Waals surface area (Å²) in [4.78, 5) is 0. The van der Waals surface area contributed by atoms with E-state index in [9.17, 15) is 5.11 Å². The summed E-state index contributed by atoms with van der Waals surface area (Å²) >= 11 is 0. The van der Waals surface area contributed by atoms with Crippen LogP contribution in [0.1, 0.15) is 44.2 Å². The number of phenols is 1. The third-order valence-electron chi connectivity index (χ3n) is 4.09. The summed E-state index contributed by atoms with van der Waals surface area (Å²) in [6, 6.07) is 7.74. The first-order valence-corrected chi connectivity index (χ1v) is 6.77. The molecule has 1 saturated carbocycles. The van der Waals surface area contributed by atoms with Gasteiger partial charge in [-0.25, -0.2) is 0 Å². The molecule has 0 bridgehead atoms. The van der Waals surface area contributed by atoms with Crippen molar-refractivity contribution in [3.8, 4) is 5.75 Å². The summed E-state index contributed by atoms with van der Waals surface area (Å²) in [7, 11) is 1.79. The molecule has 2 rings (SSSR count). The topological polar surface area (TPSA) is 41.5 Å². The van der Waals surface area contributed by atoms with Crippen LogP contribution in [0.15, 0.2) is 24.3 Å². The molecule has 0 aromatic heterocycles. The van der Waals surface area contributed by atoms with E-state index < -0.39 is 0 Å². The first-order valence-electron chi connectivity index (χ1n) is 6.77. The van der Waals surface area contributed by atoms with Crippen molar-refractivity contribution in [2.24, 2.45) is 0 Å². The van der Waals surface area contributed by atoms with Crippen LogP contribution in [0.2, 0.25) is 0 Å². The van der Waals surface area contributed by atoms with Crippen molar-refractivity contribution in [2.45, 2.75) is 44.2 Å². The molecule has 1 aliphatic rings. The van der Waals surface area contributed by atoms with Crippen LogP contribution in [0.4, 0.5) is 0 Å². The highest BCUT2D eigenvalue weighted by molar-refractivity contribution is 5.34. The molecule has 1 atom stereocenters. The standard InChI is InChI=1S/C15H23NO2/c1-3-13(12-7-4-5-8-14(12)17)16-11-15(18-2)9-6-10-15/h4-5,7-8,13,16-17H,3,6,9-11H2,1-2H3. The maximum atomic E-state index is 9.90. The summed E-state index contributed by atoms with van der Waals surface area (Å²) in [6.07, 6.45) is 4.47. The molecule has 1 unspecified atom stereocenters. The van der Waals surface area contributed by atoms with Crippen LogP contribution in [0.5, 0.6) is 5.75 Å². The molecule has 1 aromatic carbocycles. The number of para-hydroxylation sites is 1. The van der Waals surface area contributed by atoms with Gasteiger partial charge < -0.3 is 15.2 Å². The van der Waals surface area contributed by atoms with Gasteiger partial charge in [-0.2, -0.15) is 0 Å². The van der Waals surface area contributed by atoms with E-state index in [4.69, 9.17) is 4.74 Å². The zero-order valence-electron chi connectivity index (χ0n) is 11.3. The molecule has 0 amide bonds. The summed E-state index contributed by atoms with van der Waals surface area (Å²) in [5.41, 5.74) is 1.00. The third-order valence-corrected chi connectivity index (χ3v) is 4.09. The van der Waals surface area contributed by atoms with E-state index in [0.29, 0.717) is 5.75 Å². The van der Waals surface area contributed by atoms with Crippen molar-refractivity contribution in [3.63, 3.8) is 0 Å². The lowest BCUT2D eigenvalue weighted by atomic mass is 9.79. The molecule has 3 nitrogen and oxygen atoms in total. The van der Waals surface area contributed by atoms with Crippen LogP contribution in [-0.4, -0.2) is 24.4 Å². The Balaban J connectivity index is 2.00. The number of hydrogen-bond acceptors (Lipinski definition) is 3. The van der Waals surface area contributed by atoms with Gasteiger partial charge in [-0.05, 0) is 31.7 Å². The summed E-state index contributed by atoms with van der Waals surface area (Å²) < 4.78 is 5.61. The Labute approximate surface area is 109 Å². The minimum absolute atomic E-state index is 0.0256. The van der Waals surface area contributed by atoms with Gasteiger partial charge in [0, 0.05) is 25.3 Å². The van der Waals surface area contributed by atoms with Crippen molar-refractivity contribution in [1.29, 1.82) is 0 Å². The smallest absolute Gasteiger partial charge is 0.120 e. The Morgan fingerprint density at radius 1 is 1.39 bits per heavy atom. The zero-order valence-corrected chi connectivity index (χ0v) is 11.3. The van der Waals surface area contributed by atoms with Crippen LogP contribution in [0.25, 0.3) is 0 Å². The minimum atomic E-state index is 0.0256. The normalized spacial score (nSPS) is 19.2. The maximum Gasteiger partial charge on any atom is 0.120 e. The van der Waals surface area contributed by atoms with Crippen molar-refractivity contribution in [3.05, 3.63) is 29.8 Å². The van der Waals surface area contributed by atoms with Gasteiger partial charge in [-0.1, -0.05) is 25.1 Å². The molecular weight excluding hydrogens is 226 g/mol. The molecule has 0 radical (unpaired) electrons. The van der Waals surface area contributed by atoms with Crippen molar-refractivity contribution in [1.82, 2.24) is 5.32 Å². The lowest BCUT2D eigenvalue weighted by Gasteiger charge is -2.41. The van der Waals surface area contributed by atoms with Gasteiger partial charge in [0.2, 0.25) is 0 Å². The first-order chi connectivity index (χ1) is 8.71. The second-order valence-electron chi connectivity index (χ2n) is 5.14. The third kappa shape index (κ3) is 2.68. The highest BCUT2D eigenvalue weighted by Crippen LogP contribution is 2.35. The average molecular weight is 249 g/mol. The van der Waals surface area contributed by atoms with Gasteiger partial charge in [0.25, 0.3) is 0 Å². The van der Waals surface area contributed by atoms with Gasteiger partial charge in [0.05, 0.1) is 5.60 Å². The maximum absolute atomic E-state index is 9.90. The first kappa shape index (κ1) is 13.4. The van der Waals surface area contributed by atoms with Crippen molar-refractivity contribution < 1.29 is 9.84 Å². The van der Waals surface area contributed by atoms with Gasteiger partial charge >= 0.3 is 0 Å². The molecule has 0 saturated heterocycles. The summed E-state index contributed by atoms with van der Waals surface area (Å²) in [5, 5.41) is 13.4. The summed E-state index contributed by atoms with van der Waals surface area (Å²) in [5.74, 6) is 0.372. The SMILES string of the molecule is CCC(NCC1(OC)CCC1)c1ccccc1O. The predicted octanol–water partition coefficient (Wildman–Crippen LogP) is 3.00. The summed E-state index contributed by atoms with van der Waals surface area (Å²) in [6.45, 7) is 2.99. The molecule has 1 aromatic rings. The van der Waals surface area contributed by atoms with Gasteiger partial charge in [0.15, 0.2) is 0 Å². The number of hydrogen-bond donors (Lipinski definition) is 2. The largest absolute Gasteiger partial charge is 0.508 e. The van der Waals surface area contributed by atoms with E-state index in [2.05, 4.69) is 12.2 Å². The Bertz CT molecular complexity index is 382. The van der Waals surface area contributed by atoms with E-state index in [0.717, 1.165) is 31.4 Å². The number of nitrogens with one attached hydrogen (secondary N) is 1. The van der Waals surface area contributed by atoms with E-state index in [1.165, 1.54) is 6.42 Å². The molecule has 1 fully saturated rings. The zero-order chi connectivity index (χ0) is 13.0. The monoisotopic (exact) mass is 249 g/mol. The Morgan fingerprint density at radius 3 is 2.61 bits per heavy atom. The molecule has 100 valence electrons. The fraction of sp³-hybridized carbons (Fsp3) is 0.600. The lowest BCUT2D eigenvalue weighted by molar-refractivity contribution is -0.0710. The van der Waals surface area contributed by atoms with Crippen LogP contribution < -0.4 is 5.32 Å². The van der Waals surface area contributed by atoms with Crippen molar-refractivity contribution in [2.75, 3.05) is 13.7 Å². The number of benzene rings is 1. The Morgan fingerprint density at radius 2 is 2.11 bits per heavy atom. The molecule has 0 heterocycles. The number of rotatable bonds is 6. The lowest BCUT2D eigenvalue weighted by Crippen LogP contribution is -2.48. The second kappa shape index (κ2) is 5.72. The second-order valence-corrected chi connectivity index (χ2v) is 5.14. The van der Waals surface area contributed by atoms with Crippen LogP contribution in [0, 0.1) is 0 Å². The molecule has 3 heteroatoms. The molecule has 18 heavy (non-hydrogen) atoms. The molecule has 1 aliphatic carbocycles. The van der Waals surface area contributed by atoms with Crippen LogP contribution >= 0.6 is 0 Å². The average Bonchev–Trinajstić information content (AvgIpc) is 2.34. The molecule has 0 spiro atoms. The van der Waals surface area contributed by atoms with E-state index in [-0.39, 0.29) is 11.6 Å². The Kier molecular flexibility index (Phi) is 4.25. The highest BCUT2D eigenvalue weighted by Gasteiger charge is 2.37. The van der Waals surface area contributed by atoms with E-state index in [1.807, 2.05) is 18.2 Å².